The third-order valence-electron chi connectivity index (χ3n) is 6.20. The Bertz CT molecular complexity index is 700. The topological polar surface area (TPSA) is 56.7 Å². The van der Waals surface area contributed by atoms with Gasteiger partial charge in [0.1, 0.15) is 0 Å². The van der Waals surface area contributed by atoms with Crippen molar-refractivity contribution in [2.24, 2.45) is 10.9 Å². The standard InChI is InChI=1S/C23H36N4O.HI/c1-17-9-10-19(18(2)15-17)11-13-25-23(24-3)26-21-12-14-27(16-21)22(28)20-7-5-4-6-8-20;/h9-10,15,20-21H,4-8,11-14,16H2,1-3H3,(H2,24,25,26);1H. The third kappa shape index (κ3) is 6.86. The van der Waals surface area contributed by atoms with E-state index in [-0.39, 0.29) is 29.9 Å². The summed E-state index contributed by atoms with van der Waals surface area (Å²) in [4.78, 5) is 19.2. The number of nitrogens with one attached hydrogen (secondary N) is 2. The summed E-state index contributed by atoms with van der Waals surface area (Å²) in [5.74, 6) is 1.48. The smallest absolute Gasteiger partial charge is 0.225 e. The summed E-state index contributed by atoms with van der Waals surface area (Å²) in [7, 11) is 1.81. The fourth-order valence-corrected chi connectivity index (χ4v) is 4.52. The van der Waals surface area contributed by atoms with Crippen LogP contribution in [0.15, 0.2) is 23.2 Å². The van der Waals surface area contributed by atoms with Gasteiger partial charge in [0.05, 0.1) is 0 Å². The van der Waals surface area contributed by atoms with Crippen LogP contribution in [0.2, 0.25) is 0 Å². The summed E-state index contributed by atoms with van der Waals surface area (Å²) in [5, 5.41) is 6.94. The minimum absolute atomic E-state index is 0. The summed E-state index contributed by atoms with van der Waals surface area (Å²) in [6.45, 7) is 6.82. The average molecular weight is 512 g/mol. The van der Waals surface area contributed by atoms with E-state index in [0.29, 0.717) is 11.9 Å². The molecule has 1 amide bonds. The van der Waals surface area contributed by atoms with Gasteiger partial charge in [0, 0.05) is 38.6 Å². The number of rotatable bonds is 5. The number of halogens is 1. The zero-order chi connectivity index (χ0) is 19.9. The van der Waals surface area contributed by atoms with Crippen LogP contribution in [0.3, 0.4) is 0 Å². The first-order valence-electron chi connectivity index (χ1n) is 10.9. The molecule has 2 N–H and O–H groups in total. The molecule has 0 spiro atoms. The number of carbonyl (C=O) groups is 1. The number of hydrogen-bond donors (Lipinski definition) is 2. The SMILES string of the molecule is CN=C(NCCc1ccc(C)cc1C)NC1CCN(C(=O)C2CCCCC2)C1.I. The molecule has 5 nitrogen and oxygen atoms in total. The number of guanidine groups is 1. The second-order valence-electron chi connectivity index (χ2n) is 8.43. The molecule has 1 heterocycles. The Labute approximate surface area is 193 Å². The number of likely N-dealkylation sites (tertiary alicyclic amines) is 1. The lowest BCUT2D eigenvalue weighted by Crippen LogP contribution is -2.46. The Kier molecular flexibility index (Phi) is 9.72. The van der Waals surface area contributed by atoms with Crippen molar-refractivity contribution in [1.82, 2.24) is 15.5 Å². The molecule has 2 aliphatic rings. The minimum Gasteiger partial charge on any atom is -0.356 e. The predicted octanol–water partition coefficient (Wildman–Crippen LogP) is 3.81. The van der Waals surface area contributed by atoms with Gasteiger partial charge in [-0.3, -0.25) is 9.79 Å². The highest BCUT2D eigenvalue weighted by atomic mass is 127. The lowest BCUT2D eigenvalue weighted by Gasteiger charge is -2.26. The van der Waals surface area contributed by atoms with Gasteiger partial charge in [-0.05, 0) is 50.7 Å². The Balaban J connectivity index is 0.00000300. The molecule has 2 fully saturated rings. The Morgan fingerprint density at radius 3 is 2.62 bits per heavy atom. The highest BCUT2D eigenvalue weighted by molar-refractivity contribution is 14.0. The van der Waals surface area contributed by atoms with Crippen molar-refractivity contribution < 1.29 is 4.79 Å². The van der Waals surface area contributed by atoms with Crippen LogP contribution in [0.1, 0.15) is 55.2 Å². The van der Waals surface area contributed by atoms with Gasteiger partial charge in [0.15, 0.2) is 5.96 Å². The van der Waals surface area contributed by atoms with Crippen molar-refractivity contribution in [2.45, 2.75) is 64.8 Å². The van der Waals surface area contributed by atoms with Gasteiger partial charge in [-0.1, -0.05) is 43.0 Å². The van der Waals surface area contributed by atoms with Crippen LogP contribution < -0.4 is 10.6 Å². The first kappa shape index (κ1) is 24.0. The highest BCUT2D eigenvalue weighted by Crippen LogP contribution is 2.26. The summed E-state index contributed by atoms with van der Waals surface area (Å²) < 4.78 is 0. The number of nitrogens with zero attached hydrogens (tertiary/aromatic N) is 2. The highest BCUT2D eigenvalue weighted by Gasteiger charge is 2.31. The van der Waals surface area contributed by atoms with Gasteiger partial charge in [0.2, 0.25) is 5.91 Å². The summed E-state index contributed by atoms with van der Waals surface area (Å²) >= 11 is 0. The van der Waals surface area contributed by atoms with Crippen LogP contribution in [-0.4, -0.2) is 49.5 Å². The average Bonchev–Trinajstić information content (AvgIpc) is 3.17. The van der Waals surface area contributed by atoms with E-state index in [1.807, 2.05) is 7.05 Å². The van der Waals surface area contributed by atoms with Gasteiger partial charge in [-0.2, -0.15) is 0 Å². The Morgan fingerprint density at radius 1 is 1.17 bits per heavy atom. The van der Waals surface area contributed by atoms with E-state index in [2.05, 4.69) is 52.6 Å². The fraction of sp³-hybridized carbons (Fsp3) is 0.652. The second kappa shape index (κ2) is 11.8. The van der Waals surface area contributed by atoms with E-state index in [0.717, 1.165) is 51.3 Å². The monoisotopic (exact) mass is 512 g/mol. The number of amides is 1. The van der Waals surface area contributed by atoms with Crippen LogP contribution in [0.25, 0.3) is 0 Å². The molecule has 1 atom stereocenters. The van der Waals surface area contributed by atoms with Crippen LogP contribution in [0, 0.1) is 19.8 Å². The molecule has 29 heavy (non-hydrogen) atoms. The van der Waals surface area contributed by atoms with E-state index in [9.17, 15) is 4.79 Å². The predicted molar refractivity (Wildman–Crippen MR) is 131 cm³/mol. The quantitative estimate of drug-likeness (QED) is 0.359. The van der Waals surface area contributed by atoms with Crippen LogP contribution in [0.5, 0.6) is 0 Å². The van der Waals surface area contributed by atoms with E-state index in [1.165, 1.54) is 36.0 Å². The Hall–Kier alpha value is -1.31. The van der Waals surface area contributed by atoms with Crippen molar-refractivity contribution in [3.63, 3.8) is 0 Å². The third-order valence-corrected chi connectivity index (χ3v) is 6.20. The van der Waals surface area contributed by atoms with Crippen molar-refractivity contribution >= 4 is 35.8 Å². The normalized spacial score (nSPS) is 20.3. The van der Waals surface area contributed by atoms with Crippen LogP contribution in [-0.2, 0) is 11.2 Å². The molecule has 1 aromatic rings. The molecule has 3 rings (SSSR count). The zero-order valence-corrected chi connectivity index (χ0v) is 20.5. The molecule has 1 aromatic carbocycles. The molecule has 0 aromatic heterocycles. The lowest BCUT2D eigenvalue weighted by atomic mass is 9.88. The van der Waals surface area contributed by atoms with Gasteiger partial charge in [-0.15, -0.1) is 24.0 Å². The number of aryl methyl sites for hydroxylation is 2. The molecular weight excluding hydrogens is 475 g/mol. The summed E-state index contributed by atoms with van der Waals surface area (Å²) in [5.41, 5.74) is 4.02. The second-order valence-corrected chi connectivity index (χ2v) is 8.43. The molecule has 1 aliphatic heterocycles. The molecule has 1 saturated heterocycles. The first-order chi connectivity index (χ1) is 13.6. The van der Waals surface area contributed by atoms with E-state index in [4.69, 9.17) is 0 Å². The van der Waals surface area contributed by atoms with Crippen molar-refractivity contribution in [3.8, 4) is 0 Å². The first-order valence-corrected chi connectivity index (χ1v) is 10.9. The molecule has 1 saturated carbocycles. The van der Waals surface area contributed by atoms with E-state index < -0.39 is 0 Å². The zero-order valence-electron chi connectivity index (χ0n) is 18.2. The number of benzene rings is 1. The van der Waals surface area contributed by atoms with Crippen molar-refractivity contribution in [1.29, 1.82) is 0 Å². The molecular formula is C23H37IN4O. The summed E-state index contributed by atoms with van der Waals surface area (Å²) in [6, 6.07) is 6.92. The van der Waals surface area contributed by atoms with Gasteiger partial charge >= 0.3 is 0 Å². The van der Waals surface area contributed by atoms with Gasteiger partial charge in [-0.25, -0.2) is 0 Å². The van der Waals surface area contributed by atoms with E-state index in [1.54, 1.807) is 0 Å². The Morgan fingerprint density at radius 2 is 1.93 bits per heavy atom. The lowest BCUT2D eigenvalue weighted by molar-refractivity contribution is -0.135. The maximum absolute atomic E-state index is 12.7. The maximum atomic E-state index is 12.7. The van der Waals surface area contributed by atoms with Crippen LogP contribution >= 0.6 is 24.0 Å². The minimum atomic E-state index is 0. The fourth-order valence-electron chi connectivity index (χ4n) is 4.52. The van der Waals surface area contributed by atoms with Crippen LogP contribution in [0.4, 0.5) is 0 Å². The van der Waals surface area contributed by atoms with Gasteiger partial charge < -0.3 is 15.5 Å². The molecule has 0 bridgehead atoms. The van der Waals surface area contributed by atoms with Crippen molar-refractivity contribution in [2.75, 3.05) is 26.7 Å². The van der Waals surface area contributed by atoms with Crippen molar-refractivity contribution in [3.05, 3.63) is 34.9 Å². The molecule has 162 valence electrons. The largest absolute Gasteiger partial charge is 0.356 e. The molecule has 1 unspecified atom stereocenters. The molecule has 1 aliphatic carbocycles. The van der Waals surface area contributed by atoms with Gasteiger partial charge in [0.25, 0.3) is 0 Å². The number of carbonyl (C=O) groups excluding carboxylic acids is 1. The maximum Gasteiger partial charge on any atom is 0.225 e. The molecule has 6 heteroatoms. The molecule has 0 radical (unpaired) electrons. The number of hydrogen-bond acceptors (Lipinski definition) is 2. The van der Waals surface area contributed by atoms with E-state index >= 15 is 0 Å². The summed E-state index contributed by atoms with van der Waals surface area (Å²) in [6.07, 6.45) is 7.84. The number of aliphatic imine (C=N–C) groups is 1.